The molecule has 1 atom stereocenters. The second kappa shape index (κ2) is 8.44. The molecule has 4 rings (SSSR count). The molecule has 1 aliphatic rings. The summed E-state index contributed by atoms with van der Waals surface area (Å²) in [7, 11) is 0. The molecule has 1 N–H and O–H groups in total. The summed E-state index contributed by atoms with van der Waals surface area (Å²) in [5.74, 6) is 0.901. The van der Waals surface area contributed by atoms with Gasteiger partial charge in [0.1, 0.15) is 11.9 Å². The predicted molar refractivity (Wildman–Crippen MR) is 111 cm³/mol. The molecule has 0 saturated heterocycles. The summed E-state index contributed by atoms with van der Waals surface area (Å²) in [6, 6.07) is 17.7. The van der Waals surface area contributed by atoms with Gasteiger partial charge in [-0.1, -0.05) is 54.1 Å². The maximum Gasteiger partial charge on any atom is 0.220 e. The third-order valence-corrected chi connectivity index (χ3v) is 5.28. The number of hydrogen-bond acceptors (Lipinski definition) is 3. The highest BCUT2D eigenvalue weighted by Gasteiger charge is 2.26. The quantitative estimate of drug-likeness (QED) is 0.674. The van der Waals surface area contributed by atoms with Gasteiger partial charge in [0.2, 0.25) is 5.91 Å². The number of carbonyl (C=O) groups excluding carboxylic acids is 1. The number of rotatable bonds is 6. The Morgan fingerprint density at radius 3 is 2.86 bits per heavy atom. The molecule has 3 aromatic rings. The van der Waals surface area contributed by atoms with E-state index in [2.05, 4.69) is 16.4 Å². The molecule has 1 aromatic heterocycles. The first-order chi connectivity index (χ1) is 13.7. The number of pyridine rings is 1. The topological polar surface area (TPSA) is 51.2 Å². The zero-order valence-corrected chi connectivity index (χ0v) is 16.2. The number of halogens is 1. The number of aromatic nitrogens is 1. The Morgan fingerprint density at radius 2 is 2.04 bits per heavy atom. The van der Waals surface area contributed by atoms with Crippen molar-refractivity contribution < 1.29 is 9.53 Å². The summed E-state index contributed by atoms with van der Waals surface area (Å²) >= 11 is 6.15. The molecule has 0 saturated carbocycles. The van der Waals surface area contributed by atoms with E-state index in [0.29, 0.717) is 24.4 Å². The number of amides is 1. The fraction of sp³-hybridized carbons (Fsp3) is 0.217. The van der Waals surface area contributed by atoms with Crippen LogP contribution in [0.4, 0.5) is 0 Å². The van der Waals surface area contributed by atoms with E-state index in [9.17, 15) is 4.79 Å². The number of benzene rings is 2. The van der Waals surface area contributed by atoms with Crippen LogP contribution in [0.25, 0.3) is 11.1 Å². The van der Waals surface area contributed by atoms with Gasteiger partial charge in [0.15, 0.2) is 0 Å². The maximum atomic E-state index is 12.2. The van der Waals surface area contributed by atoms with Crippen LogP contribution in [0.3, 0.4) is 0 Å². The van der Waals surface area contributed by atoms with Gasteiger partial charge in [-0.15, -0.1) is 0 Å². The van der Waals surface area contributed by atoms with E-state index in [1.165, 1.54) is 0 Å². The van der Waals surface area contributed by atoms with Gasteiger partial charge in [0.05, 0.1) is 6.54 Å². The second-order valence-electron chi connectivity index (χ2n) is 6.87. The van der Waals surface area contributed by atoms with Crippen LogP contribution in [0.1, 0.15) is 17.5 Å². The fourth-order valence-corrected chi connectivity index (χ4v) is 3.70. The van der Waals surface area contributed by atoms with Crippen molar-refractivity contribution in [3.63, 3.8) is 0 Å². The molecular formula is C23H21ClN2O2. The molecule has 1 aliphatic heterocycles. The summed E-state index contributed by atoms with van der Waals surface area (Å²) < 4.78 is 6.16. The monoisotopic (exact) mass is 392 g/mol. The van der Waals surface area contributed by atoms with Gasteiger partial charge in [-0.3, -0.25) is 9.78 Å². The smallest absolute Gasteiger partial charge is 0.220 e. The molecule has 28 heavy (non-hydrogen) atoms. The molecule has 2 aromatic carbocycles. The molecule has 4 nitrogen and oxygen atoms in total. The van der Waals surface area contributed by atoms with Gasteiger partial charge in [-0.05, 0) is 29.7 Å². The lowest BCUT2D eigenvalue weighted by Gasteiger charge is -2.13. The fourth-order valence-electron chi connectivity index (χ4n) is 3.47. The molecule has 0 spiro atoms. The van der Waals surface area contributed by atoms with Crippen molar-refractivity contribution in [2.75, 3.05) is 6.54 Å². The largest absolute Gasteiger partial charge is 0.487 e. The molecule has 0 radical (unpaired) electrons. The van der Waals surface area contributed by atoms with E-state index in [4.69, 9.17) is 16.3 Å². The van der Waals surface area contributed by atoms with Crippen molar-refractivity contribution in [2.45, 2.75) is 25.4 Å². The lowest BCUT2D eigenvalue weighted by atomic mass is 10.0. The number of nitrogens with one attached hydrogen (secondary N) is 1. The van der Waals surface area contributed by atoms with Crippen molar-refractivity contribution in [3.8, 4) is 16.9 Å². The number of carbonyl (C=O) groups is 1. The molecule has 2 heterocycles. The first-order valence-electron chi connectivity index (χ1n) is 9.40. The van der Waals surface area contributed by atoms with Gasteiger partial charge >= 0.3 is 0 Å². The lowest BCUT2D eigenvalue weighted by Crippen LogP contribution is -2.34. The normalized spacial score (nSPS) is 15.0. The lowest BCUT2D eigenvalue weighted by molar-refractivity contribution is -0.121. The molecule has 0 unspecified atom stereocenters. The van der Waals surface area contributed by atoms with Crippen molar-refractivity contribution >= 4 is 17.5 Å². The highest BCUT2D eigenvalue weighted by atomic mass is 35.5. The average Bonchev–Trinajstić information content (AvgIpc) is 3.15. The summed E-state index contributed by atoms with van der Waals surface area (Å²) in [5.41, 5.74) is 4.23. The number of aryl methyl sites for hydroxylation is 1. The zero-order valence-electron chi connectivity index (χ0n) is 15.4. The Bertz CT molecular complexity index is 975. The van der Waals surface area contributed by atoms with Gasteiger partial charge in [0, 0.05) is 41.4 Å². The van der Waals surface area contributed by atoms with Crippen molar-refractivity contribution in [3.05, 3.63) is 83.1 Å². The van der Waals surface area contributed by atoms with E-state index < -0.39 is 0 Å². The minimum atomic E-state index is -0.0583. The number of para-hydroxylation sites is 1. The Hall–Kier alpha value is -2.85. The number of ether oxygens (including phenoxy) is 1. The van der Waals surface area contributed by atoms with Crippen LogP contribution in [-0.2, 0) is 17.6 Å². The van der Waals surface area contributed by atoms with Gasteiger partial charge in [0.25, 0.3) is 0 Å². The van der Waals surface area contributed by atoms with Crippen LogP contribution in [0.2, 0.25) is 5.02 Å². The van der Waals surface area contributed by atoms with E-state index in [1.807, 2.05) is 54.7 Å². The Labute approximate surface area is 169 Å². The van der Waals surface area contributed by atoms with Crippen molar-refractivity contribution in [2.24, 2.45) is 0 Å². The summed E-state index contributed by atoms with van der Waals surface area (Å²) in [5, 5.41) is 3.69. The second-order valence-corrected chi connectivity index (χ2v) is 7.28. The highest BCUT2D eigenvalue weighted by Crippen LogP contribution is 2.38. The van der Waals surface area contributed by atoms with E-state index in [0.717, 1.165) is 34.4 Å². The van der Waals surface area contributed by atoms with Crippen LogP contribution in [0.15, 0.2) is 67.0 Å². The first kappa shape index (κ1) is 18.5. The minimum absolute atomic E-state index is 0.00644. The SMILES string of the molecule is O=C(CCc1ccccc1Cl)NC[C@@H]1Cc2cccc(-c3cccnc3)c2O1. The van der Waals surface area contributed by atoms with Crippen LogP contribution in [0, 0.1) is 0 Å². The average molecular weight is 393 g/mol. The third-order valence-electron chi connectivity index (χ3n) is 4.91. The summed E-state index contributed by atoms with van der Waals surface area (Å²) in [6.07, 6.45) is 5.36. The highest BCUT2D eigenvalue weighted by molar-refractivity contribution is 6.31. The number of fused-ring (bicyclic) bond motifs is 1. The Balaban J connectivity index is 1.33. The van der Waals surface area contributed by atoms with E-state index in [-0.39, 0.29) is 12.0 Å². The standard InChI is InChI=1S/C23H21ClN2O2/c24-21-9-2-1-5-16(21)10-11-22(27)26-15-19-13-17-6-3-8-20(23(17)28-19)18-7-4-12-25-14-18/h1-9,12,14,19H,10-11,13,15H2,(H,26,27)/t19-/m0/s1. The van der Waals surface area contributed by atoms with E-state index in [1.54, 1.807) is 6.20 Å². The maximum absolute atomic E-state index is 12.2. The van der Waals surface area contributed by atoms with Crippen LogP contribution >= 0.6 is 11.6 Å². The van der Waals surface area contributed by atoms with Crippen molar-refractivity contribution in [1.82, 2.24) is 10.3 Å². The van der Waals surface area contributed by atoms with Gasteiger partial charge in [-0.2, -0.15) is 0 Å². The summed E-state index contributed by atoms with van der Waals surface area (Å²) in [4.78, 5) is 16.4. The third kappa shape index (κ3) is 4.18. The van der Waals surface area contributed by atoms with Crippen LogP contribution in [0.5, 0.6) is 5.75 Å². The van der Waals surface area contributed by atoms with E-state index >= 15 is 0 Å². The molecule has 0 fully saturated rings. The minimum Gasteiger partial charge on any atom is -0.487 e. The summed E-state index contributed by atoms with van der Waals surface area (Å²) in [6.45, 7) is 0.489. The molecule has 0 aliphatic carbocycles. The zero-order chi connectivity index (χ0) is 19.3. The van der Waals surface area contributed by atoms with Gasteiger partial charge < -0.3 is 10.1 Å². The Kier molecular flexibility index (Phi) is 5.58. The molecule has 1 amide bonds. The van der Waals surface area contributed by atoms with Crippen molar-refractivity contribution in [1.29, 1.82) is 0 Å². The Morgan fingerprint density at radius 1 is 1.14 bits per heavy atom. The predicted octanol–water partition coefficient (Wildman–Crippen LogP) is 4.45. The number of hydrogen-bond donors (Lipinski definition) is 1. The molecule has 142 valence electrons. The van der Waals surface area contributed by atoms with Crippen LogP contribution in [-0.4, -0.2) is 23.5 Å². The molecule has 5 heteroatoms. The molecule has 0 bridgehead atoms. The van der Waals surface area contributed by atoms with Gasteiger partial charge in [-0.25, -0.2) is 0 Å². The van der Waals surface area contributed by atoms with Crippen LogP contribution < -0.4 is 10.1 Å². The first-order valence-corrected chi connectivity index (χ1v) is 9.77. The molecular weight excluding hydrogens is 372 g/mol. The number of nitrogens with zero attached hydrogens (tertiary/aromatic N) is 1.